The summed E-state index contributed by atoms with van der Waals surface area (Å²) >= 11 is 5.57. The van der Waals surface area contributed by atoms with E-state index in [4.69, 9.17) is 12.2 Å². The summed E-state index contributed by atoms with van der Waals surface area (Å²) in [4.78, 5) is 14.0. The predicted octanol–water partition coefficient (Wildman–Crippen LogP) is 3.40. The number of carboxylic acids is 1. The molecule has 2 bridgehead atoms. The molecule has 2 saturated heterocycles. The molecule has 0 spiro atoms. The van der Waals surface area contributed by atoms with Crippen molar-refractivity contribution in [3.8, 4) is 0 Å². The van der Waals surface area contributed by atoms with Gasteiger partial charge in [0.05, 0.1) is 5.56 Å². The molecule has 4 rings (SSSR count). The molecule has 2 atom stereocenters. The van der Waals surface area contributed by atoms with Crippen molar-refractivity contribution in [2.24, 2.45) is 0 Å². The molecule has 25 heavy (non-hydrogen) atoms. The van der Waals surface area contributed by atoms with Gasteiger partial charge in [0.2, 0.25) is 0 Å². The van der Waals surface area contributed by atoms with E-state index < -0.39 is 5.97 Å². The molecule has 2 aliphatic rings. The first-order valence-electron chi connectivity index (χ1n) is 8.99. The van der Waals surface area contributed by atoms with Crippen LogP contribution in [0.15, 0.2) is 30.5 Å². The Morgan fingerprint density at radius 1 is 1.24 bits per heavy atom. The zero-order valence-corrected chi connectivity index (χ0v) is 15.1. The largest absolute Gasteiger partial charge is 0.478 e. The standard InChI is InChI=1S/C19H23N3O2S/c1-2-20-19(25)22-12-7-8-13(22)10-14(9-12)21-11-16(18(23)24)15-5-3-4-6-17(15)21/h3-6,11-14H,2,7-10H2,1H3,(H,20,25)(H,23,24). The maximum absolute atomic E-state index is 11.6. The van der Waals surface area contributed by atoms with Crippen LogP contribution in [0.4, 0.5) is 0 Å². The number of rotatable bonds is 3. The van der Waals surface area contributed by atoms with Gasteiger partial charge in [-0.2, -0.15) is 0 Å². The van der Waals surface area contributed by atoms with E-state index in [1.54, 1.807) is 0 Å². The Bertz CT molecular complexity index is 817. The molecule has 2 fully saturated rings. The van der Waals surface area contributed by atoms with Gasteiger partial charge in [-0.15, -0.1) is 0 Å². The molecule has 0 amide bonds. The second-order valence-corrected chi connectivity index (χ2v) is 7.41. The van der Waals surface area contributed by atoms with E-state index in [0.717, 1.165) is 48.2 Å². The molecular weight excluding hydrogens is 334 g/mol. The van der Waals surface area contributed by atoms with Crippen LogP contribution < -0.4 is 5.32 Å². The lowest BCUT2D eigenvalue weighted by Crippen LogP contribution is -2.50. The van der Waals surface area contributed by atoms with Gasteiger partial charge in [-0.1, -0.05) is 18.2 Å². The molecule has 0 radical (unpaired) electrons. The maximum atomic E-state index is 11.6. The minimum atomic E-state index is -0.858. The molecule has 5 nitrogen and oxygen atoms in total. The van der Waals surface area contributed by atoms with Crippen molar-refractivity contribution in [3.63, 3.8) is 0 Å². The molecule has 2 aromatic rings. The smallest absolute Gasteiger partial charge is 0.337 e. The number of benzene rings is 1. The average molecular weight is 357 g/mol. The van der Waals surface area contributed by atoms with Gasteiger partial charge in [-0.25, -0.2) is 4.79 Å². The summed E-state index contributed by atoms with van der Waals surface area (Å²) in [5.41, 5.74) is 1.42. The van der Waals surface area contributed by atoms with E-state index in [-0.39, 0.29) is 0 Å². The van der Waals surface area contributed by atoms with Gasteiger partial charge in [0, 0.05) is 41.8 Å². The lowest BCUT2D eigenvalue weighted by atomic mass is 9.97. The summed E-state index contributed by atoms with van der Waals surface area (Å²) in [5.74, 6) is -0.858. The Labute approximate surface area is 152 Å². The van der Waals surface area contributed by atoms with Crippen LogP contribution in [0.25, 0.3) is 10.9 Å². The minimum absolute atomic E-state index is 0.330. The van der Waals surface area contributed by atoms with Crippen molar-refractivity contribution in [2.75, 3.05) is 6.54 Å². The number of hydrogen-bond donors (Lipinski definition) is 2. The van der Waals surface area contributed by atoms with Crippen LogP contribution in [0, 0.1) is 0 Å². The van der Waals surface area contributed by atoms with Gasteiger partial charge in [0.1, 0.15) is 0 Å². The average Bonchev–Trinajstić information content (AvgIpc) is 3.11. The van der Waals surface area contributed by atoms with Crippen molar-refractivity contribution in [3.05, 3.63) is 36.0 Å². The number of aromatic carboxylic acids is 1. The molecule has 2 aliphatic heterocycles. The minimum Gasteiger partial charge on any atom is -0.478 e. The molecule has 6 heteroatoms. The zero-order valence-electron chi connectivity index (χ0n) is 14.3. The van der Waals surface area contributed by atoms with Crippen molar-refractivity contribution in [1.82, 2.24) is 14.8 Å². The van der Waals surface area contributed by atoms with Crippen molar-refractivity contribution < 1.29 is 9.90 Å². The van der Waals surface area contributed by atoms with Gasteiger partial charge < -0.3 is 19.9 Å². The Hall–Kier alpha value is -2.08. The number of nitrogens with zero attached hydrogens (tertiary/aromatic N) is 2. The number of nitrogens with one attached hydrogen (secondary N) is 1. The monoisotopic (exact) mass is 357 g/mol. The molecule has 0 aliphatic carbocycles. The Balaban J connectivity index is 1.66. The summed E-state index contributed by atoms with van der Waals surface area (Å²) < 4.78 is 2.19. The quantitative estimate of drug-likeness (QED) is 0.825. The molecule has 1 aromatic carbocycles. The Kier molecular flexibility index (Phi) is 4.15. The van der Waals surface area contributed by atoms with Crippen molar-refractivity contribution in [2.45, 2.75) is 50.7 Å². The highest BCUT2D eigenvalue weighted by Gasteiger charge is 2.42. The number of hydrogen-bond acceptors (Lipinski definition) is 2. The van der Waals surface area contributed by atoms with Crippen LogP contribution in [0.3, 0.4) is 0 Å². The number of thiocarbonyl (C=S) groups is 1. The highest BCUT2D eigenvalue weighted by atomic mass is 32.1. The molecule has 132 valence electrons. The van der Waals surface area contributed by atoms with Crippen LogP contribution in [-0.2, 0) is 0 Å². The molecule has 3 heterocycles. The summed E-state index contributed by atoms with van der Waals surface area (Å²) in [6, 6.07) is 9.04. The highest BCUT2D eigenvalue weighted by Crippen LogP contribution is 2.42. The van der Waals surface area contributed by atoms with Crippen LogP contribution in [-0.4, -0.2) is 44.3 Å². The topological polar surface area (TPSA) is 57.5 Å². The van der Waals surface area contributed by atoms with E-state index in [0.29, 0.717) is 23.7 Å². The molecule has 2 N–H and O–H groups in total. The van der Waals surface area contributed by atoms with Crippen LogP contribution in [0.5, 0.6) is 0 Å². The zero-order chi connectivity index (χ0) is 17.6. The van der Waals surface area contributed by atoms with Crippen LogP contribution >= 0.6 is 12.2 Å². The highest BCUT2D eigenvalue weighted by molar-refractivity contribution is 7.80. The van der Waals surface area contributed by atoms with Gasteiger partial charge in [0.15, 0.2) is 5.11 Å². The van der Waals surface area contributed by atoms with Gasteiger partial charge in [0.25, 0.3) is 0 Å². The summed E-state index contributed by atoms with van der Waals surface area (Å²) in [6.45, 7) is 2.92. The number of carbonyl (C=O) groups is 1. The van der Waals surface area contributed by atoms with Gasteiger partial charge in [-0.05, 0) is 50.9 Å². The first-order valence-corrected chi connectivity index (χ1v) is 9.40. The molecular formula is C19H23N3O2S. The number of piperidine rings is 1. The van der Waals surface area contributed by atoms with Crippen molar-refractivity contribution >= 4 is 34.2 Å². The van der Waals surface area contributed by atoms with Gasteiger partial charge in [-0.3, -0.25) is 0 Å². The number of fused-ring (bicyclic) bond motifs is 3. The normalized spacial score (nSPS) is 25.3. The van der Waals surface area contributed by atoms with E-state index >= 15 is 0 Å². The fourth-order valence-electron chi connectivity index (χ4n) is 4.63. The van der Waals surface area contributed by atoms with E-state index in [1.807, 2.05) is 30.5 Å². The fourth-order valence-corrected chi connectivity index (χ4v) is 5.07. The second kappa shape index (κ2) is 6.33. The van der Waals surface area contributed by atoms with E-state index in [9.17, 15) is 9.90 Å². The lowest BCUT2D eigenvalue weighted by Gasteiger charge is -2.41. The second-order valence-electron chi connectivity index (χ2n) is 7.03. The SMILES string of the molecule is CCNC(=S)N1C2CCC1CC(n1cc(C(=O)O)c3ccccc31)C2. The summed E-state index contributed by atoms with van der Waals surface area (Å²) in [5, 5.41) is 14.5. The predicted molar refractivity (Wildman–Crippen MR) is 102 cm³/mol. The Morgan fingerprint density at radius 2 is 1.92 bits per heavy atom. The van der Waals surface area contributed by atoms with Gasteiger partial charge >= 0.3 is 5.97 Å². The summed E-state index contributed by atoms with van der Waals surface area (Å²) in [6.07, 6.45) is 6.18. The number of carboxylic acid groups (broad SMARTS) is 1. The number of aromatic nitrogens is 1. The molecule has 0 saturated carbocycles. The van der Waals surface area contributed by atoms with E-state index in [1.165, 1.54) is 0 Å². The third-order valence-electron chi connectivity index (χ3n) is 5.64. The van der Waals surface area contributed by atoms with Crippen LogP contribution in [0.1, 0.15) is 49.0 Å². The molecule has 2 unspecified atom stereocenters. The third kappa shape index (κ3) is 2.68. The third-order valence-corrected chi connectivity index (χ3v) is 5.99. The number of para-hydroxylation sites is 1. The van der Waals surface area contributed by atoms with E-state index in [2.05, 4.69) is 21.7 Å². The fraction of sp³-hybridized carbons (Fsp3) is 0.474. The van der Waals surface area contributed by atoms with Crippen molar-refractivity contribution in [1.29, 1.82) is 0 Å². The Morgan fingerprint density at radius 3 is 2.56 bits per heavy atom. The van der Waals surface area contributed by atoms with Crippen LogP contribution in [0.2, 0.25) is 0 Å². The first kappa shape index (κ1) is 16.4. The summed E-state index contributed by atoms with van der Waals surface area (Å²) in [7, 11) is 0. The molecule has 1 aromatic heterocycles. The first-order chi connectivity index (χ1) is 12.1. The maximum Gasteiger partial charge on any atom is 0.337 e. The lowest BCUT2D eigenvalue weighted by molar-refractivity contribution is 0.0698.